The first-order valence-corrected chi connectivity index (χ1v) is 12.0. The van der Waals surface area contributed by atoms with Crippen LogP contribution in [0.25, 0.3) is 0 Å². The number of rotatable bonds is 8. The van der Waals surface area contributed by atoms with Gasteiger partial charge in [0.2, 0.25) is 15.9 Å². The zero-order valence-electron chi connectivity index (χ0n) is 17.3. The maximum absolute atomic E-state index is 13.1. The highest BCUT2D eigenvalue weighted by atomic mass is 32.2. The molecule has 1 heterocycles. The van der Waals surface area contributed by atoms with Crippen molar-refractivity contribution < 1.29 is 17.6 Å². The molecule has 5 nitrogen and oxygen atoms in total. The number of carbonyl (C=O) groups is 1. The molecule has 0 aromatic heterocycles. The van der Waals surface area contributed by atoms with Crippen molar-refractivity contribution in [2.24, 2.45) is 5.92 Å². The fourth-order valence-corrected chi connectivity index (χ4v) is 5.39. The monoisotopic (exact) mass is 432 g/mol. The van der Waals surface area contributed by atoms with Crippen molar-refractivity contribution >= 4 is 15.9 Å². The Morgan fingerprint density at radius 2 is 1.87 bits per heavy atom. The van der Waals surface area contributed by atoms with Gasteiger partial charge in [-0.2, -0.15) is 0 Å². The molecule has 1 N–H and O–H groups in total. The van der Waals surface area contributed by atoms with Crippen LogP contribution < -0.4 is 5.32 Å². The Labute approximate surface area is 178 Å². The molecule has 0 aliphatic carbocycles. The van der Waals surface area contributed by atoms with Crippen LogP contribution in [0.3, 0.4) is 0 Å². The molecule has 0 bridgehead atoms. The number of halogens is 1. The highest BCUT2D eigenvalue weighted by molar-refractivity contribution is 7.89. The predicted octanol–water partition coefficient (Wildman–Crippen LogP) is 3.68. The first-order chi connectivity index (χ1) is 14.3. The van der Waals surface area contributed by atoms with E-state index in [1.54, 1.807) is 12.1 Å². The summed E-state index contributed by atoms with van der Waals surface area (Å²) in [6.45, 7) is 2.52. The zero-order valence-corrected chi connectivity index (χ0v) is 18.1. The van der Waals surface area contributed by atoms with Gasteiger partial charge >= 0.3 is 0 Å². The van der Waals surface area contributed by atoms with Crippen molar-refractivity contribution in [1.29, 1.82) is 0 Å². The molecule has 3 rings (SSSR count). The molecule has 1 aliphatic rings. The van der Waals surface area contributed by atoms with Crippen molar-refractivity contribution in [1.82, 2.24) is 9.62 Å². The van der Waals surface area contributed by atoms with Gasteiger partial charge in [-0.3, -0.25) is 4.79 Å². The van der Waals surface area contributed by atoms with E-state index in [1.807, 2.05) is 37.3 Å². The van der Waals surface area contributed by atoms with Crippen LogP contribution in [0, 0.1) is 11.7 Å². The standard InChI is InChI=1S/C23H29FN2O3S/c1-18(20-11-13-22(24)14-12-20)25-23(27)21-10-5-15-26(17-21)30(28,29)16-6-9-19-7-3-2-4-8-19/h2-4,7-8,11-14,18,21H,5-6,9-10,15-17H2,1H3,(H,25,27)/t18-,21-/m0/s1. The summed E-state index contributed by atoms with van der Waals surface area (Å²) in [6, 6.07) is 15.6. The molecule has 2 aromatic rings. The summed E-state index contributed by atoms with van der Waals surface area (Å²) in [7, 11) is -3.39. The van der Waals surface area contributed by atoms with Crippen LogP contribution in [0.15, 0.2) is 54.6 Å². The third-order valence-electron chi connectivity index (χ3n) is 5.59. The Hall–Kier alpha value is -2.25. The fourth-order valence-electron chi connectivity index (χ4n) is 3.81. The lowest BCUT2D eigenvalue weighted by Gasteiger charge is -2.32. The summed E-state index contributed by atoms with van der Waals surface area (Å²) in [5, 5.41) is 2.94. The van der Waals surface area contributed by atoms with Crippen LogP contribution in [0.5, 0.6) is 0 Å². The summed E-state index contributed by atoms with van der Waals surface area (Å²) in [5.41, 5.74) is 1.93. The van der Waals surface area contributed by atoms with Crippen molar-refractivity contribution in [2.45, 2.75) is 38.6 Å². The average Bonchev–Trinajstić information content (AvgIpc) is 2.75. The smallest absolute Gasteiger partial charge is 0.224 e. The number of hydrogen-bond donors (Lipinski definition) is 1. The fraction of sp³-hybridized carbons (Fsp3) is 0.435. The van der Waals surface area contributed by atoms with Gasteiger partial charge in [-0.15, -0.1) is 0 Å². The van der Waals surface area contributed by atoms with Crippen molar-refractivity contribution in [3.8, 4) is 0 Å². The molecular weight excluding hydrogens is 403 g/mol. The minimum atomic E-state index is -3.39. The first-order valence-electron chi connectivity index (χ1n) is 10.4. The third-order valence-corrected chi connectivity index (χ3v) is 7.51. The summed E-state index contributed by atoms with van der Waals surface area (Å²) in [5.74, 6) is -0.762. The van der Waals surface area contributed by atoms with E-state index in [-0.39, 0.29) is 36.0 Å². The van der Waals surface area contributed by atoms with Gasteiger partial charge in [0.25, 0.3) is 0 Å². The van der Waals surface area contributed by atoms with Gasteiger partial charge in [0.05, 0.1) is 17.7 Å². The van der Waals surface area contributed by atoms with E-state index in [0.29, 0.717) is 32.2 Å². The van der Waals surface area contributed by atoms with E-state index in [4.69, 9.17) is 0 Å². The molecule has 1 fully saturated rings. The molecule has 0 unspecified atom stereocenters. The quantitative estimate of drug-likeness (QED) is 0.692. The predicted molar refractivity (Wildman–Crippen MR) is 116 cm³/mol. The molecular formula is C23H29FN2O3S. The van der Waals surface area contributed by atoms with Crippen LogP contribution in [-0.4, -0.2) is 37.5 Å². The normalized spacial score (nSPS) is 18.7. The van der Waals surface area contributed by atoms with Crippen LogP contribution in [-0.2, 0) is 21.2 Å². The lowest BCUT2D eigenvalue weighted by molar-refractivity contribution is -0.126. The number of amides is 1. The van der Waals surface area contributed by atoms with E-state index in [9.17, 15) is 17.6 Å². The number of benzene rings is 2. The molecule has 30 heavy (non-hydrogen) atoms. The lowest BCUT2D eigenvalue weighted by atomic mass is 9.98. The number of nitrogens with zero attached hydrogens (tertiary/aromatic N) is 1. The van der Waals surface area contributed by atoms with E-state index < -0.39 is 10.0 Å². The van der Waals surface area contributed by atoms with E-state index >= 15 is 0 Å². The molecule has 0 saturated carbocycles. The summed E-state index contributed by atoms with van der Waals surface area (Å²) in [4.78, 5) is 12.7. The van der Waals surface area contributed by atoms with Gasteiger partial charge in [-0.1, -0.05) is 42.5 Å². The topological polar surface area (TPSA) is 66.5 Å². The zero-order chi connectivity index (χ0) is 21.6. The van der Waals surface area contributed by atoms with E-state index in [1.165, 1.54) is 16.4 Å². The number of nitrogens with one attached hydrogen (secondary N) is 1. The maximum Gasteiger partial charge on any atom is 0.224 e. The van der Waals surface area contributed by atoms with Gasteiger partial charge in [-0.05, 0) is 55.9 Å². The van der Waals surface area contributed by atoms with E-state index in [0.717, 1.165) is 11.1 Å². The Bertz CT molecular complexity index is 933. The summed E-state index contributed by atoms with van der Waals surface area (Å²) < 4.78 is 40.1. The molecule has 0 radical (unpaired) electrons. The average molecular weight is 433 g/mol. The highest BCUT2D eigenvalue weighted by Gasteiger charge is 2.32. The SMILES string of the molecule is C[C@H](NC(=O)[C@H]1CCCN(S(=O)(=O)CCCc2ccccc2)C1)c1ccc(F)cc1. The first kappa shape index (κ1) is 22.4. The largest absolute Gasteiger partial charge is 0.349 e. The third kappa shape index (κ3) is 6.12. The highest BCUT2D eigenvalue weighted by Crippen LogP contribution is 2.22. The molecule has 7 heteroatoms. The van der Waals surface area contributed by atoms with Crippen molar-refractivity contribution in [3.05, 3.63) is 71.5 Å². The van der Waals surface area contributed by atoms with E-state index in [2.05, 4.69) is 5.32 Å². The van der Waals surface area contributed by atoms with Gasteiger partial charge in [0.15, 0.2) is 0 Å². The molecule has 1 saturated heterocycles. The summed E-state index contributed by atoms with van der Waals surface area (Å²) >= 11 is 0. The van der Waals surface area contributed by atoms with Gasteiger partial charge in [-0.25, -0.2) is 17.1 Å². The molecule has 2 aromatic carbocycles. The van der Waals surface area contributed by atoms with Gasteiger partial charge < -0.3 is 5.32 Å². The Kier molecular flexibility index (Phi) is 7.61. The van der Waals surface area contributed by atoms with Gasteiger partial charge in [0, 0.05) is 13.1 Å². The number of piperidine rings is 1. The molecule has 0 spiro atoms. The molecule has 1 aliphatic heterocycles. The number of carbonyl (C=O) groups excluding carboxylic acids is 1. The Balaban J connectivity index is 1.53. The summed E-state index contributed by atoms with van der Waals surface area (Å²) in [6.07, 6.45) is 2.60. The molecule has 2 atom stereocenters. The number of aryl methyl sites for hydroxylation is 1. The second-order valence-electron chi connectivity index (χ2n) is 7.88. The number of hydrogen-bond acceptors (Lipinski definition) is 3. The molecule has 162 valence electrons. The van der Waals surface area contributed by atoms with Crippen LogP contribution in [0.4, 0.5) is 4.39 Å². The van der Waals surface area contributed by atoms with Crippen molar-refractivity contribution in [3.63, 3.8) is 0 Å². The minimum absolute atomic E-state index is 0.0855. The second-order valence-corrected chi connectivity index (χ2v) is 9.97. The lowest BCUT2D eigenvalue weighted by Crippen LogP contribution is -2.46. The number of sulfonamides is 1. The Morgan fingerprint density at radius 3 is 2.57 bits per heavy atom. The van der Waals surface area contributed by atoms with Crippen LogP contribution in [0.1, 0.15) is 43.4 Å². The minimum Gasteiger partial charge on any atom is -0.349 e. The molecule has 1 amide bonds. The van der Waals surface area contributed by atoms with Crippen molar-refractivity contribution in [2.75, 3.05) is 18.8 Å². The Morgan fingerprint density at radius 1 is 1.17 bits per heavy atom. The second kappa shape index (κ2) is 10.2. The van der Waals surface area contributed by atoms with Gasteiger partial charge in [0.1, 0.15) is 5.82 Å². The maximum atomic E-state index is 13.1. The van der Waals surface area contributed by atoms with Crippen LogP contribution in [0.2, 0.25) is 0 Å². The van der Waals surface area contributed by atoms with Crippen LogP contribution >= 0.6 is 0 Å².